The Bertz CT molecular complexity index is 419. The normalized spacial score (nSPS) is 11.3. The first kappa shape index (κ1) is 13.5. The lowest BCUT2D eigenvalue weighted by Gasteiger charge is -2.05. The van der Waals surface area contributed by atoms with Gasteiger partial charge in [-0.3, -0.25) is 4.79 Å². The molecule has 2 N–H and O–H groups in total. The molecule has 0 aliphatic heterocycles. The molecule has 5 heteroatoms. The number of benzene rings is 1. The highest BCUT2D eigenvalue weighted by Crippen LogP contribution is 2.19. The summed E-state index contributed by atoms with van der Waals surface area (Å²) < 4.78 is 4.89. The fourth-order valence-electron chi connectivity index (χ4n) is 1.32. The number of nitrogens with two attached hydrogens (primary N) is 1. The van der Waals surface area contributed by atoms with Crippen molar-refractivity contribution in [3.05, 3.63) is 29.8 Å². The van der Waals surface area contributed by atoms with Crippen LogP contribution in [-0.4, -0.2) is 24.3 Å². The minimum Gasteiger partial charge on any atom is -0.466 e. The molecule has 0 heterocycles. The molecule has 0 spiro atoms. The molecule has 0 radical (unpaired) electrons. The highest BCUT2D eigenvalue weighted by atomic mass is 35.5. The number of alkyl halides is 1. The van der Waals surface area contributed by atoms with Crippen molar-refractivity contribution in [3.63, 3.8) is 0 Å². The second-order valence-electron chi connectivity index (χ2n) is 3.35. The van der Waals surface area contributed by atoms with Gasteiger partial charge in [0.25, 0.3) is 0 Å². The Kier molecular flexibility index (Phi) is 5.49. The second kappa shape index (κ2) is 6.91. The number of aliphatic imine (C=N–C) groups is 1. The fraction of sp³-hybridized carbons (Fsp3) is 0.333. The summed E-state index contributed by atoms with van der Waals surface area (Å²) in [4.78, 5) is 15.5. The van der Waals surface area contributed by atoms with Gasteiger partial charge in [-0.2, -0.15) is 0 Å². The van der Waals surface area contributed by atoms with Gasteiger partial charge >= 0.3 is 5.97 Å². The number of hydrogen-bond acceptors (Lipinski definition) is 3. The minimum absolute atomic E-state index is 0.160. The van der Waals surface area contributed by atoms with Gasteiger partial charge in [0.2, 0.25) is 0 Å². The number of carbonyl (C=O) groups is 1. The van der Waals surface area contributed by atoms with Crippen LogP contribution < -0.4 is 5.73 Å². The zero-order valence-electron chi connectivity index (χ0n) is 9.65. The number of rotatable bonds is 5. The maximum Gasteiger partial charge on any atom is 0.310 e. The van der Waals surface area contributed by atoms with E-state index < -0.39 is 0 Å². The van der Waals surface area contributed by atoms with Crippen molar-refractivity contribution >= 4 is 29.1 Å². The van der Waals surface area contributed by atoms with E-state index in [1.807, 2.05) is 18.2 Å². The Balaban J connectivity index is 2.88. The number of amidine groups is 1. The zero-order chi connectivity index (χ0) is 12.7. The van der Waals surface area contributed by atoms with E-state index in [2.05, 4.69) is 4.99 Å². The smallest absolute Gasteiger partial charge is 0.310 e. The van der Waals surface area contributed by atoms with Gasteiger partial charge in [-0.15, -0.1) is 11.6 Å². The van der Waals surface area contributed by atoms with Gasteiger partial charge in [0.05, 0.1) is 24.6 Å². The number of hydrogen-bond donors (Lipinski definition) is 1. The average Bonchev–Trinajstić information content (AvgIpc) is 2.31. The lowest BCUT2D eigenvalue weighted by atomic mass is 10.1. The van der Waals surface area contributed by atoms with Crippen LogP contribution in [-0.2, 0) is 16.0 Å². The van der Waals surface area contributed by atoms with E-state index in [1.165, 1.54) is 0 Å². The molecule has 0 fully saturated rings. The SMILES string of the molecule is CCOC(=O)Cc1ccccc1N=C(N)CCl. The number of carbonyl (C=O) groups excluding carboxylic acids is 1. The Hall–Kier alpha value is -1.55. The van der Waals surface area contributed by atoms with E-state index in [1.54, 1.807) is 13.0 Å². The number of nitrogens with zero attached hydrogens (tertiary/aromatic N) is 1. The minimum atomic E-state index is -0.278. The second-order valence-corrected chi connectivity index (χ2v) is 3.61. The monoisotopic (exact) mass is 254 g/mol. The van der Waals surface area contributed by atoms with Gasteiger partial charge < -0.3 is 10.5 Å². The fourth-order valence-corrected chi connectivity index (χ4v) is 1.38. The van der Waals surface area contributed by atoms with Gasteiger partial charge in [-0.25, -0.2) is 4.99 Å². The van der Waals surface area contributed by atoms with E-state index in [0.717, 1.165) is 5.56 Å². The Labute approximate surface area is 105 Å². The molecule has 0 saturated carbocycles. The molecule has 0 unspecified atom stereocenters. The van der Waals surface area contributed by atoms with Crippen LogP contribution in [0.15, 0.2) is 29.3 Å². The van der Waals surface area contributed by atoms with Crippen molar-refractivity contribution in [2.45, 2.75) is 13.3 Å². The number of halogens is 1. The molecular weight excluding hydrogens is 240 g/mol. The third kappa shape index (κ3) is 4.44. The molecule has 0 aliphatic rings. The van der Waals surface area contributed by atoms with Crippen LogP contribution >= 0.6 is 11.6 Å². The Morgan fingerprint density at radius 2 is 2.18 bits per heavy atom. The van der Waals surface area contributed by atoms with Crippen LogP contribution in [0.5, 0.6) is 0 Å². The molecule has 0 saturated heterocycles. The largest absolute Gasteiger partial charge is 0.466 e. The molecule has 17 heavy (non-hydrogen) atoms. The first-order valence-electron chi connectivity index (χ1n) is 5.30. The van der Waals surface area contributed by atoms with Crippen LogP contribution in [0.25, 0.3) is 0 Å². The molecule has 92 valence electrons. The topological polar surface area (TPSA) is 64.7 Å². The Morgan fingerprint density at radius 3 is 2.82 bits per heavy atom. The predicted octanol–water partition coefficient (Wildman–Crippen LogP) is 2.02. The van der Waals surface area contributed by atoms with Crippen LogP contribution in [0.3, 0.4) is 0 Å². The van der Waals surface area contributed by atoms with Gasteiger partial charge in [0.15, 0.2) is 0 Å². The highest BCUT2D eigenvalue weighted by molar-refractivity contribution is 6.28. The third-order valence-corrected chi connectivity index (χ3v) is 2.31. The van der Waals surface area contributed by atoms with Crippen molar-refractivity contribution in [3.8, 4) is 0 Å². The number of ether oxygens (including phenoxy) is 1. The van der Waals surface area contributed by atoms with Crippen LogP contribution in [0.2, 0.25) is 0 Å². The van der Waals surface area contributed by atoms with Gasteiger partial charge in [-0.1, -0.05) is 18.2 Å². The molecule has 0 aliphatic carbocycles. The van der Waals surface area contributed by atoms with Crippen molar-refractivity contribution in [2.75, 3.05) is 12.5 Å². The lowest BCUT2D eigenvalue weighted by molar-refractivity contribution is -0.142. The van der Waals surface area contributed by atoms with Crippen molar-refractivity contribution in [2.24, 2.45) is 10.7 Å². The molecule has 1 rings (SSSR count). The van der Waals surface area contributed by atoms with Crippen molar-refractivity contribution in [1.29, 1.82) is 0 Å². The van der Waals surface area contributed by atoms with Gasteiger partial charge in [0, 0.05) is 0 Å². The maximum absolute atomic E-state index is 11.4. The van der Waals surface area contributed by atoms with E-state index in [0.29, 0.717) is 18.1 Å². The summed E-state index contributed by atoms with van der Waals surface area (Å²) in [6, 6.07) is 7.27. The molecule has 0 atom stereocenters. The summed E-state index contributed by atoms with van der Waals surface area (Å²) in [6.45, 7) is 2.14. The van der Waals surface area contributed by atoms with Crippen LogP contribution in [0, 0.1) is 0 Å². The third-order valence-electron chi connectivity index (χ3n) is 2.03. The van der Waals surface area contributed by atoms with E-state index >= 15 is 0 Å². The first-order chi connectivity index (χ1) is 8.17. The number of esters is 1. The Morgan fingerprint density at radius 1 is 1.47 bits per heavy atom. The highest BCUT2D eigenvalue weighted by Gasteiger charge is 2.08. The molecule has 0 amide bonds. The molecule has 4 nitrogen and oxygen atoms in total. The maximum atomic E-state index is 11.4. The summed E-state index contributed by atoms with van der Waals surface area (Å²) in [5.74, 6) is 0.205. The van der Waals surface area contributed by atoms with E-state index in [4.69, 9.17) is 22.1 Å². The first-order valence-corrected chi connectivity index (χ1v) is 5.83. The predicted molar refractivity (Wildman–Crippen MR) is 68.8 cm³/mol. The van der Waals surface area contributed by atoms with Crippen LogP contribution in [0.1, 0.15) is 12.5 Å². The van der Waals surface area contributed by atoms with E-state index in [-0.39, 0.29) is 18.3 Å². The summed E-state index contributed by atoms with van der Waals surface area (Å²) >= 11 is 5.56. The molecule has 0 aromatic heterocycles. The number of para-hydroxylation sites is 1. The average molecular weight is 255 g/mol. The standard InChI is InChI=1S/C12H15ClN2O2/c1-2-17-12(16)7-9-5-3-4-6-10(9)15-11(14)8-13/h3-6H,2,7-8H2,1H3,(H2,14,15). The molecule has 0 bridgehead atoms. The molecule has 1 aromatic rings. The van der Waals surface area contributed by atoms with Gasteiger partial charge in [0.1, 0.15) is 5.84 Å². The zero-order valence-corrected chi connectivity index (χ0v) is 10.4. The molecule has 1 aromatic carbocycles. The van der Waals surface area contributed by atoms with Crippen molar-refractivity contribution < 1.29 is 9.53 Å². The van der Waals surface area contributed by atoms with Crippen molar-refractivity contribution in [1.82, 2.24) is 0 Å². The summed E-state index contributed by atoms with van der Waals surface area (Å²) in [5, 5.41) is 0. The summed E-state index contributed by atoms with van der Waals surface area (Å²) in [5.41, 5.74) is 6.99. The molecular formula is C12H15ClN2O2. The summed E-state index contributed by atoms with van der Waals surface area (Å²) in [7, 11) is 0. The quantitative estimate of drug-likeness (QED) is 0.378. The van der Waals surface area contributed by atoms with Crippen LogP contribution in [0.4, 0.5) is 5.69 Å². The van der Waals surface area contributed by atoms with E-state index in [9.17, 15) is 4.79 Å². The van der Waals surface area contributed by atoms with Gasteiger partial charge in [-0.05, 0) is 18.6 Å². The lowest BCUT2D eigenvalue weighted by Crippen LogP contribution is -2.13. The summed E-state index contributed by atoms with van der Waals surface area (Å²) in [6.07, 6.45) is 0.184.